The number of ketones is 2. The normalized spacial score (nSPS) is 15.5. The van der Waals surface area contributed by atoms with Crippen LogP contribution in [0.15, 0.2) is 95.9 Å². The third-order valence-electron chi connectivity index (χ3n) is 7.31. The topological polar surface area (TPSA) is 127 Å². The number of carbonyl (C=O) groups excluding carboxylic acids is 4. The summed E-state index contributed by atoms with van der Waals surface area (Å²) in [6.07, 6.45) is 0.578. The van der Waals surface area contributed by atoms with Gasteiger partial charge in [-0.05, 0) is 61.4 Å². The first-order valence-electron chi connectivity index (χ1n) is 13.2. The number of benzene rings is 4. The molecule has 42 heavy (non-hydrogen) atoms. The van der Waals surface area contributed by atoms with Gasteiger partial charge in [0.25, 0.3) is 15.9 Å². The molecule has 1 aliphatic carbocycles. The van der Waals surface area contributed by atoms with Gasteiger partial charge in [0.05, 0.1) is 16.1 Å². The fourth-order valence-electron chi connectivity index (χ4n) is 5.39. The van der Waals surface area contributed by atoms with E-state index in [1.165, 1.54) is 46.8 Å². The van der Waals surface area contributed by atoms with Crippen molar-refractivity contribution in [1.82, 2.24) is 0 Å². The average Bonchev–Trinajstić information content (AvgIpc) is 3.35. The number of ether oxygens (including phenoxy) is 1. The molecule has 6 rings (SSSR count). The first-order chi connectivity index (χ1) is 20.1. The van der Waals surface area contributed by atoms with E-state index in [-0.39, 0.29) is 44.9 Å². The number of anilines is 2. The molecule has 10 heteroatoms. The van der Waals surface area contributed by atoms with E-state index in [9.17, 15) is 27.6 Å². The molecule has 0 radical (unpaired) electrons. The van der Waals surface area contributed by atoms with E-state index in [0.717, 1.165) is 5.56 Å². The molecule has 1 amide bonds. The second-order valence-corrected chi connectivity index (χ2v) is 11.9. The number of esters is 1. The molecule has 1 heterocycles. The van der Waals surface area contributed by atoms with Gasteiger partial charge in [-0.3, -0.25) is 18.7 Å². The summed E-state index contributed by atoms with van der Waals surface area (Å²) < 4.78 is 33.6. The average molecular weight is 581 g/mol. The summed E-state index contributed by atoms with van der Waals surface area (Å²) in [5, 5.41) is 2.56. The summed E-state index contributed by atoms with van der Waals surface area (Å²) in [5.74, 6) is -2.16. The molecule has 1 atom stereocenters. The number of carbonyl (C=O) groups is 4. The Morgan fingerprint density at radius 1 is 0.833 bits per heavy atom. The van der Waals surface area contributed by atoms with Crippen LogP contribution in [0.2, 0.25) is 0 Å². The summed E-state index contributed by atoms with van der Waals surface area (Å²) in [6, 6.07) is 23.4. The SMILES string of the molecule is C[C@H]1Cc2ccccc2N1S(=O)(=O)c1cccc(C(=O)OCC(=O)Nc2ccc3c(c2)C(=O)c2ccccc2C3=O)c1. The largest absolute Gasteiger partial charge is 0.452 e. The monoisotopic (exact) mass is 580 g/mol. The lowest BCUT2D eigenvalue weighted by Crippen LogP contribution is -2.35. The van der Waals surface area contributed by atoms with Crippen molar-refractivity contribution in [2.24, 2.45) is 0 Å². The Morgan fingerprint density at radius 2 is 1.50 bits per heavy atom. The standard InChI is InChI=1S/C32H24N2O7S/c1-19-15-20-7-2-5-12-28(20)34(19)42(39,40)23-9-6-8-21(16-23)32(38)41-18-29(35)33-22-13-14-26-27(17-22)31(37)25-11-4-3-10-24(25)30(26)36/h2-14,16-17,19H,15,18H2,1H3,(H,33,35)/t19-/m0/s1. The molecule has 4 aromatic rings. The zero-order valence-corrected chi connectivity index (χ0v) is 23.2. The summed E-state index contributed by atoms with van der Waals surface area (Å²) in [5.41, 5.74) is 2.78. The van der Waals surface area contributed by atoms with Gasteiger partial charge in [-0.2, -0.15) is 0 Å². The van der Waals surface area contributed by atoms with E-state index in [4.69, 9.17) is 4.74 Å². The molecule has 1 aliphatic heterocycles. The molecular formula is C32H24N2O7S. The third-order valence-corrected chi connectivity index (χ3v) is 9.24. The number of hydrogen-bond donors (Lipinski definition) is 1. The second-order valence-electron chi connectivity index (χ2n) is 10.1. The molecular weight excluding hydrogens is 556 g/mol. The molecule has 0 aromatic heterocycles. The van der Waals surface area contributed by atoms with Crippen molar-refractivity contribution < 1.29 is 32.3 Å². The van der Waals surface area contributed by atoms with Crippen LogP contribution >= 0.6 is 0 Å². The Balaban J connectivity index is 1.13. The van der Waals surface area contributed by atoms with Crippen molar-refractivity contribution in [3.8, 4) is 0 Å². The van der Waals surface area contributed by atoms with Gasteiger partial charge in [0.15, 0.2) is 18.2 Å². The highest BCUT2D eigenvalue weighted by Gasteiger charge is 2.36. The second kappa shape index (κ2) is 10.4. The number of rotatable bonds is 6. The summed E-state index contributed by atoms with van der Waals surface area (Å²) in [6.45, 7) is 1.17. The summed E-state index contributed by atoms with van der Waals surface area (Å²) in [7, 11) is -3.97. The van der Waals surface area contributed by atoms with Crippen LogP contribution in [0.25, 0.3) is 0 Å². The number of fused-ring (bicyclic) bond motifs is 3. The van der Waals surface area contributed by atoms with E-state index < -0.39 is 28.5 Å². The highest BCUT2D eigenvalue weighted by molar-refractivity contribution is 7.92. The van der Waals surface area contributed by atoms with E-state index in [1.807, 2.05) is 19.1 Å². The minimum atomic E-state index is -3.97. The smallest absolute Gasteiger partial charge is 0.338 e. The van der Waals surface area contributed by atoms with Crippen molar-refractivity contribution in [1.29, 1.82) is 0 Å². The van der Waals surface area contributed by atoms with Gasteiger partial charge in [-0.25, -0.2) is 13.2 Å². The van der Waals surface area contributed by atoms with Gasteiger partial charge >= 0.3 is 5.97 Å². The molecule has 1 N–H and O–H groups in total. The number of sulfonamides is 1. The number of hydrogen-bond acceptors (Lipinski definition) is 7. The van der Waals surface area contributed by atoms with Gasteiger partial charge in [0, 0.05) is 34.0 Å². The van der Waals surface area contributed by atoms with Crippen molar-refractivity contribution in [2.45, 2.75) is 24.3 Å². The van der Waals surface area contributed by atoms with Gasteiger partial charge < -0.3 is 10.1 Å². The van der Waals surface area contributed by atoms with Crippen molar-refractivity contribution in [3.05, 3.63) is 124 Å². The number of nitrogens with one attached hydrogen (secondary N) is 1. The van der Waals surface area contributed by atoms with Crippen LogP contribution < -0.4 is 9.62 Å². The fourth-order valence-corrected chi connectivity index (χ4v) is 7.13. The Kier molecular flexibility index (Phi) is 6.70. The van der Waals surface area contributed by atoms with Gasteiger partial charge in [-0.1, -0.05) is 48.5 Å². The maximum atomic E-state index is 13.5. The lowest BCUT2D eigenvalue weighted by atomic mass is 9.84. The van der Waals surface area contributed by atoms with Gasteiger partial charge in [0.1, 0.15) is 0 Å². The highest BCUT2D eigenvalue weighted by Crippen LogP contribution is 2.36. The van der Waals surface area contributed by atoms with Crippen LogP contribution in [0.3, 0.4) is 0 Å². The number of nitrogens with zero attached hydrogens (tertiary/aromatic N) is 1. The molecule has 9 nitrogen and oxygen atoms in total. The van der Waals surface area contributed by atoms with Crippen LogP contribution in [-0.2, 0) is 26.0 Å². The molecule has 210 valence electrons. The van der Waals surface area contributed by atoms with Crippen LogP contribution in [0.1, 0.15) is 54.7 Å². The zero-order valence-electron chi connectivity index (χ0n) is 22.4. The van der Waals surface area contributed by atoms with Crippen LogP contribution in [0.4, 0.5) is 11.4 Å². The molecule has 2 aliphatic rings. The number of amides is 1. The summed E-state index contributed by atoms with van der Waals surface area (Å²) >= 11 is 0. The number of para-hydroxylation sites is 1. The predicted molar refractivity (Wildman–Crippen MR) is 154 cm³/mol. The first-order valence-corrected chi connectivity index (χ1v) is 14.6. The van der Waals surface area contributed by atoms with Crippen LogP contribution in [0.5, 0.6) is 0 Å². The molecule has 0 fully saturated rings. The quantitative estimate of drug-likeness (QED) is 0.295. The lowest BCUT2D eigenvalue weighted by molar-refractivity contribution is -0.119. The Morgan fingerprint density at radius 3 is 2.26 bits per heavy atom. The lowest BCUT2D eigenvalue weighted by Gasteiger charge is -2.24. The van der Waals surface area contributed by atoms with Gasteiger partial charge in [-0.15, -0.1) is 0 Å². The van der Waals surface area contributed by atoms with Crippen molar-refractivity contribution >= 4 is 44.8 Å². The molecule has 0 saturated heterocycles. The molecule has 0 bridgehead atoms. The van der Waals surface area contributed by atoms with E-state index >= 15 is 0 Å². The van der Waals surface area contributed by atoms with Gasteiger partial charge in [0.2, 0.25) is 0 Å². The Bertz CT molecular complexity index is 1920. The van der Waals surface area contributed by atoms with Crippen molar-refractivity contribution in [2.75, 3.05) is 16.2 Å². The maximum Gasteiger partial charge on any atom is 0.338 e. The maximum absolute atomic E-state index is 13.5. The van der Waals surface area contributed by atoms with Crippen molar-refractivity contribution in [3.63, 3.8) is 0 Å². The molecule has 0 saturated carbocycles. The van der Waals surface area contributed by atoms with E-state index in [1.54, 1.807) is 36.4 Å². The van der Waals surface area contributed by atoms with E-state index in [2.05, 4.69) is 5.32 Å². The molecule has 0 unspecified atom stereocenters. The Hall–Kier alpha value is -5.09. The van der Waals surface area contributed by atoms with Crippen LogP contribution in [0, 0.1) is 0 Å². The fraction of sp³-hybridized carbons (Fsp3) is 0.125. The zero-order chi connectivity index (χ0) is 29.6. The minimum Gasteiger partial charge on any atom is -0.452 e. The van der Waals surface area contributed by atoms with E-state index in [0.29, 0.717) is 23.2 Å². The summed E-state index contributed by atoms with van der Waals surface area (Å²) in [4.78, 5) is 51.0. The molecule has 0 spiro atoms. The predicted octanol–water partition coefficient (Wildman–Crippen LogP) is 4.40. The highest BCUT2D eigenvalue weighted by atomic mass is 32.2. The molecule has 4 aromatic carbocycles. The first kappa shape index (κ1) is 27.1. The third kappa shape index (κ3) is 4.65. The Labute approximate surface area is 241 Å². The van der Waals surface area contributed by atoms with Crippen LogP contribution in [-0.4, -0.2) is 44.5 Å². The minimum absolute atomic E-state index is 0.0273.